The molecule has 0 radical (unpaired) electrons. The number of likely N-dealkylation sites (N-methyl/N-ethyl adjacent to an activating group) is 1. The number of hydrogen-bond donors (Lipinski definition) is 0. The normalized spacial score (nSPS) is 15.0. The lowest BCUT2D eigenvalue weighted by Gasteiger charge is -2.20. The van der Waals surface area contributed by atoms with Crippen LogP contribution in [0.4, 0.5) is 0 Å². The van der Waals surface area contributed by atoms with Crippen molar-refractivity contribution in [2.75, 3.05) is 26.7 Å². The molecule has 2 aromatic rings. The highest BCUT2D eigenvalue weighted by Gasteiger charge is 2.26. The van der Waals surface area contributed by atoms with Crippen molar-refractivity contribution in [2.45, 2.75) is 51.0 Å². The minimum absolute atomic E-state index is 0.0668. The van der Waals surface area contributed by atoms with E-state index in [0.29, 0.717) is 19.6 Å². The van der Waals surface area contributed by atoms with E-state index in [1.54, 1.807) is 7.05 Å². The second kappa shape index (κ2) is 10.9. The largest absolute Gasteiger partial charge is 0.452 e. The van der Waals surface area contributed by atoms with Crippen molar-refractivity contribution >= 4 is 21.9 Å². The fourth-order valence-corrected chi connectivity index (χ4v) is 5.47. The van der Waals surface area contributed by atoms with Crippen molar-refractivity contribution in [3.63, 3.8) is 0 Å². The molecule has 1 aliphatic heterocycles. The molecule has 0 aromatic heterocycles. The topological polar surface area (TPSA) is 84.0 Å². The lowest BCUT2D eigenvalue weighted by Crippen LogP contribution is -2.32. The van der Waals surface area contributed by atoms with Crippen LogP contribution in [0.5, 0.6) is 0 Å². The summed E-state index contributed by atoms with van der Waals surface area (Å²) in [5.41, 5.74) is 3.37. The average molecular weight is 473 g/mol. The molecule has 0 unspecified atom stereocenters. The minimum Gasteiger partial charge on any atom is -0.452 e. The van der Waals surface area contributed by atoms with Crippen molar-refractivity contribution in [1.82, 2.24) is 9.21 Å². The van der Waals surface area contributed by atoms with E-state index >= 15 is 0 Å². The van der Waals surface area contributed by atoms with Crippen LogP contribution in [0.3, 0.4) is 0 Å². The zero-order valence-electron chi connectivity index (χ0n) is 19.5. The first-order valence-electron chi connectivity index (χ1n) is 11.3. The predicted octanol–water partition coefficient (Wildman–Crippen LogP) is 3.68. The van der Waals surface area contributed by atoms with E-state index in [0.717, 1.165) is 42.4 Å². The van der Waals surface area contributed by atoms with Gasteiger partial charge in [0.2, 0.25) is 10.0 Å². The van der Waals surface area contributed by atoms with Crippen molar-refractivity contribution < 1.29 is 22.7 Å². The molecule has 0 bridgehead atoms. The van der Waals surface area contributed by atoms with Crippen LogP contribution in [0.25, 0.3) is 0 Å². The van der Waals surface area contributed by atoms with Crippen molar-refractivity contribution in [3.8, 4) is 0 Å². The number of carbonyl (C=O) groups is 2. The number of ether oxygens (including phenoxy) is 1. The average Bonchev–Trinajstić information content (AvgIpc) is 3.09. The van der Waals surface area contributed by atoms with E-state index in [2.05, 4.69) is 6.07 Å². The smallest absolute Gasteiger partial charge is 0.338 e. The van der Waals surface area contributed by atoms with Gasteiger partial charge in [-0.3, -0.25) is 4.79 Å². The number of sulfonamides is 1. The quantitative estimate of drug-likeness (QED) is 0.574. The first-order chi connectivity index (χ1) is 15.7. The number of esters is 1. The van der Waals surface area contributed by atoms with Crippen LogP contribution in [0.2, 0.25) is 0 Å². The number of amides is 1. The lowest BCUT2D eigenvalue weighted by molar-refractivity contribution is -0.133. The fraction of sp³-hybridized carbons (Fsp3) is 0.440. The van der Waals surface area contributed by atoms with Crippen molar-refractivity contribution in [2.24, 2.45) is 0 Å². The number of benzene rings is 2. The van der Waals surface area contributed by atoms with E-state index in [4.69, 9.17) is 4.74 Å². The molecule has 7 nitrogen and oxygen atoms in total. The van der Waals surface area contributed by atoms with Crippen LogP contribution in [-0.4, -0.2) is 56.2 Å². The second-order valence-electron chi connectivity index (χ2n) is 8.60. The number of rotatable bonds is 7. The maximum absolute atomic E-state index is 13.0. The SMILES string of the molecule is Cc1ccc(CN(C)C(=O)COC(=O)c2cccc(S(=O)(=O)N3CCCCCC3)c2)c(C)c1. The summed E-state index contributed by atoms with van der Waals surface area (Å²) in [5, 5.41) is 0. The molecule has 0 saturated carbocycles. The molecule has 2 aromatic carbocycles. The van der Waals surface area contributed by atoms with Gasteiger partial charge in [0.05, 0.1) is 10.5 Å². The third kappa shape index (κ3) is 6.42. The summed E-state index contributed by atoms with van der Waals surface area (Å²) in [6, 6.07) is 11.9. The van der Waals surface area contributed by atoms with Gasteiger partial charge in [0.25, 0.3) is 5.91 Å². The van der Waals surface area contributed by atoms with Crippen LogP contribution in [0.1, 0.15) is 52.7 Å². The highest BCUT2D eigenvalue weighted by atomic mass is 32.2. The first-order valence-corrected chi connectivity index (χ1v) is 12.7. The predicted molar refractivity (Wildman–Crippen MR) is 126 cm³/mol. The fourth-order valence-electron chi connectivity index (χ4n) is 3.90. The van der Waals surface area contributed by atoms with Crippen molar-refractivity contribution in [1.29, 1.82) is 0 Å². The van der Waals surface area contributed by atoms with Crippen LogP contribution in [0, 0.1) is 13.8 Å². The lowest BCUT2D eigenvalue weighted by atomic mass is 10.1. The highest BCUT2D eigenvalue weighted by molar-refractivity contribution is 7.89. The molecule has 178 valence electrons. The van der Waals surface area contributed by atoms with Gasteiger partial charge in [0.15, 0.2) is 6.61 Å². The van der Waals surface area contributed by atoms with E-state index in [-0.39, 0.29) is 16.4 Å². The Morgan fingerprint density at radius 3 is 2.36 bits per heavy atom. The molecule has 0 atom stereocenters. The van der Waals surface area contributed by atoms with Gasteiger partial charge in [-0.1, -0.05) is 42.7 Å². The van der Waals surface area contributed by atoms with E-state index in [1.165, 1.54) is 33.5 Å². The minimum atomic E-state index is -3.68. The third-order valence-electron chi connectivity index (χ3n) is 5.93. The second-order valence-corrected chi connectivity index (χ2v) is 10.5. The summed E-state index contributed by atoms with van der Waals surface area (Å²) >= 11 is 0. The summed E-state index contributed by atoms with van der Waals surface area (Å²) in [6.07, 6.45) is 3.70. The zero-order valence-corrected chi connectivity index (χ0v) is 20.4. The van der Waals surface area contributed by atoms with Gasteiger partial charge >= 0.3 is 5.97 Å². The van der Waals surface area contributed by atoms with Gasteiger partial charge in [0, 0.05) is 26.7 Å². The molecule has 1 saturated heterocycles. The molecule has 0 aliphatic carbocycles. The molecule has 0 spiro atoms. The van der Waals surface area contributed by atoms with Gasteiger partial charge in [-0.05, 0) is 56.0 Å². The Morgan fingerprint density at radius 2 is 1.70 bits per heavy atom. The van der Waals surface area contributed by atoms with Gasteiger partial charge in [-0.15, -0.1) is 0 Å². The summed E-state index contributed by atoms with van der Waals surface area (Å²) in [6.45, 7) is 4.97. The van der Waals surface area contributed by atoms with Crippen LogP contribution in [0.15, 0.2) is 47.4 Å². The number of nitrogens with zero attached hydrogens (tertiary/aromatic N) is 2. The van der Waals surface area contributed by atoms with E-state index in [1.807, 2.05) is 26.0 Å². The summed E-state index contributed by atoms with van der Waals surface area (Å²) < 4.78 is 32.7. The first kappa shape index (κ1) is 24.9. The van der Waals surface area contributed by atoms with E-state index < -0.39 is 22.6 Å². The van der Waals surface area contributed by atoms with E-state index in [9.17, 15) is 18.0 Å². The Labute approximate surface area is 196 Å². The summed E-state index contributed by atoms with van der Waals surface area (Å²) in [5.74, 6) is -1.06. The zero-order chi connectivity index (χ0) is 24.0. The summed E-state index contributed by atoms with van der Waals surface area (Å²) in [4.78, 5) is 26.6. The van der Waals surface area contributed by atoms with Crippen LogP contribution < -0.4 is 0 Å². The maximum atomic E-state index is 13.0. The molecule has 1 aliphatic rings. The molecule has 33 heavy (non-hydrogen) atoms. The standard InChI is InChI=1S/C25H32N2O5S/c1-19-11-12-22(20(2)15-19)17-26(3)24(28)18-32-25(29)21-9-8-10-23(16-21)33(30,31)27-13-6-4-5-7-14-27/h8-12,15-16H,4-7,13-14,17-18H2,1-3H3. The Hall–Kier alpha value is -2.71. The van der Waals surface area contributed by atoms with Crippen LogP contribution in [-0.2, 0) is 26.1 Å². The maximum Gasteiger partial charge on any atom is 0.338 e. The third-order valence-corrected chi connectivity index (χ3v) is 7.83. The van der Waals surface area contributed by atoms with Crippen molar-refractivity contribution in [3.05, 3.63) is 64.7 Å². The Morgan fingerprint density at radius 1 is 1.00 bits per heavy atom. The Balaban J connectivity index is 1.61. The molecule has 3 rings (SSSR count). The van der Waals surface area contributed by atoms with Gasteiger partial charge in [0.1, 0.15) is 0 Å². The van der Waals surface area contributed by atoms with Gasteiger partial charge < -0.3 is 9.64 Å². The molecule has 1 amide bonds. The molecular weight excluding hydrogens is 440 g/mol. The molecular formula is C25H32N2O5S. The number of hydrogen-bond acceptors (Lipinski definition) is 5. The Kier molecular flexibility index (Phi) is 8.26. The molecule has 8 heteroatoms. The van der Waals surface area contributed by atoms with Gasteiger partial charge in [-0.25, -0.2) is 13.2 Å². The molecule has 0 N–H and O–H groups in total. The molecule has 1 fully saturated rings. The molecule has 1 heterocycles. The summed E-state index contributed by atoms with van der Waals surface area (Å²) in [7, 11) is -2.02. The van der Waals surface area contributed by atoms with Crippen LogP contribution >= 0.6 is 0 Å². The monoisotopic (exact) mass is 472 g/mol. The Bertz CT molecular complexity index is 1110. The van der Waals surface area contributed by atoms with Gasteiger partial charge in [-0.2, -0.15) is 4.31 Å². The number of aryl methyl sites for hydroxylation is 2. The number of carbonyl (C=O) groups excluding carboxylic acids is 2. The highest BCUT2D eigenvalue weighted by Crippen LogP contribution is 2.21.